The molecule has 12 aliphatic rings. The smallest absolute Gasteiger partial charge is 0.0514 e. The third-order valence-electron chi connectivity index (χ3n) is 18.1. The first-order valence-corrected chi connectivity index (χ1v) is 28.4. The van der Waals surface area contributed by atoms with Gasteiger partial charge in [0.2, 0.25) is 0 Å². The SMILES string of the molecule is C1=CCC(C(C2=CCC(N(C3=CC4=C(CC3)N(C3C=CC=CC3)CCC4)C3C=CC=CC3)C=C2)C(C2=CCC(N(C3=CC4=C(CC3)N(C3C=CC=CC3)CCC4)C3C=CC=CC3)C=C2)C2C=CC=CC2)C=C1. The number of rotatable bonds is 13. The zero-order valence-corrected chi connectivity index (χ0v) is 42.8. The fraction of sp³-hybridized carbons (Fsp3) is 0.412. The van der Waals surface area contributed by atoms with E-state index in [1.54, 1.807) is 22.5 Å². The largest absolute Gasteiger partial charge is 0.368 e. The van der Waals surface area contributed by atoms with Gasteiger partial charge in [0.05, 0.1) is 36.3 Å². The Labute approximate surface area is 432 Å². The minimum atomic E-state index is 0.330. The molecule has 4 heteroatoms. The van der Waals surface area contributed by atoms with Gasteiger partial charge in [0, 0.05) is 35.9 Å². The molecule has 370 valence electrons. The van der Waals surface area contributed by atoms with Crippen molar-refractivity contribution >= 4 is 0 Å². The van der Waals surface area contributed by atoms with Gasteiger partial charge in [-0.1, -0.05) is 182 Å². The average molecular weight is 951 g/mol. The number of hydrogen-bond acceptors (Lipinski definition) is 4. The van der Waals surface area contributed by atoms with Crippen LogP contribution in [0.3, 0.4) is 0 Å². The maximum Gasteiger partial charge on any atom is 0.0514 e. The number of nitrogens with zero attached hydrogens (tertiary/aromatic N) is 4. The van der Waals surface area contributed by atoms with Gasteiger partial charge in [-0.2, -0.15) is 0 Å². The molecule has 0 fully saturated rings. The summed E-state index contributed by atoms with van der Waals surface area (Å²) in [5.41, 5.74) is 12.6. The first-order valence-electron chi connectivity index (χ1n) is 28.4. The van der Waals surface area contributed by atoms with Gasteiger partial charge in [0.15, 0.2) is 0 Å². The maximum atomic E-state index is 2.84. The van der Waals surface area contributed by atoms with Crippen molar-refractivity contribution in [3.63, 3.8) is 0 Å². The summed E-state index contributed by atoms with van der Waals surface area (Å²) in [5.74, 6) is 1.63. The molecule has 0 amide bonds. The lowest BCUT2D eigenvalue weighted by molar-refractivity contribution is 0.218. The van der Waals surface area contributed by atoms with Crippen LogP contribution in [0.25, 0.3) is 0 Å². The van der Waals surface area contributed by atoms with E-state index in [0.717, 1.165) is 77.0 Å². The minimum Gasteiger partial charge on any atom is -0.368 e. The second kappa shape index (κ2) is 22.0. The van der Waals surface area contributed by atoms with Gasteiger partial charge in [0.1, 0.15) is 0 Å². The van der Waals surface area contributed by atoms with Crippen molar-refractivity contribution in [3.05, 3.63) is 240 Å². The van der Waals surface area contributed by atoms with E-state index in [2.05, 4.69) is 214 Å². The average Bonchev–Trinajstić information content (AvgIpc) is 3.46. The Kier molecular flexibility index (Phi) is 14.4. The van der Waals surface area contributed by atoms with Crippen LogP contribution in [-0.2, 0) is 0 Å². The second-order valence-electron chi connectivity index (χ2n) is 22.3. The molecule has 12 rings (SSSR count). The number of allylic oxidation sites excluding steroid dienone is 28. The van der Waals surface area contributed by atoms with Crippen LogP contribution >= 0.6 is 0 Å². The highest BCUT2D eigenvalue weighted by molar-refractivity contribution is 5.43. The van der Waals surface area contributed by atoms with Gasteiger partial charge in [-0.15, -0.1) is 0 Å². The van der Waals surface area contributed by atoms with E-state index >= 15 is 0 Å². The maximum absolute atomic E-state index is 2.84. The molecule has 0 bridgehead atoms. The lowest BCUT2D eigenvalue weighted by Gasteiger charge is -2.46. The molecule has 0 aromatic rings. The molecule has 4 nitrogen and oxygen atoms in total. The second-order valence-corrected chi connectivity index (χ2v) is 22.3. The third kappa shape index (κ3) is 9.92. The first-order chi connectivity index (χ1) is 35.7. The van der Waals surface area contributed by atoms with Crippen LogP contribution in [0.5, 0.6) is 0 Å². The molecule has 0 aromatic heterocycles. The van der Waals surface area contributed by atoms with E-state index in [0.29, 0.717) is 59.9 Å². The molecule has 2 heterocycles. The Morgan fingerprint density at radius 3 is 1.14 bits per heavy atom. The zero-order chi connectivity index (χ0) is 48.1. The normalized spacial score (nSPS) is 32.1. The summed E-state index contributed by atoms with van der Waals surface area (Å²) < 4.78 is 0. The van der Waals surface area contributed by atoms with E-state index < -0.39 is 0 Å². The van der Waals surface area contributed by atoms with E-state index in [1.165, 1.54) is 61.3 Å². The summed E-state index contributed by atoms with van der Waals surface area (Å²) in [6.07, 6.45) is 95.6. The third-order valence-corrected chi connectivity index (χ3v) is 18.1. The lowest BCUT2D eigenvalue weighted by Crippen LogP contribution is -2.44. The Balaban J connectivity index is 0.833. The minimum absolute atomic E-state index is 0.330. The molecular weight excluding hydrogens is 873 g/mol. The zero-order valence-electron chi connectivity index (χ0n) is 42.8. The summed E-state index contributed by atoms with van der Waals surface area (Å²) >= 11 is 0. The van der Waals surface area contributed by atoms with Gasteiger partial charge in [-0.3, -0.25) is 0 Å². The summed E-state index contributed by atoms with van der Waals surface area (Å²) in [4.78, 5) is 11.2. The first kappa shape index (κ1) is 47.0. The van der Waals surface area contributed by atoms with Crippen molar-refractivity contribution in [3.8, 4) is 0 Å². The van der Waals surface area contributed by atoms with Crippen LogP contribution in [0, 0.1) is 23.7 Å². The van der Waals surface area contributed by atoms with Crippen LogP contribution in [0.15, 0.2) is 240 Å². The van der Waals surface area contributed by atoms with Crippen molar-refractivity contribution < 1.29 is 0 Å². The lowest BCUT2D eigenvalue weighted by atomic mass is 9.64. The Bertz CT molecular complexity index is 2510. The Morgan fingerprint density at radius 1 is 0.375 bits per heavy atom. The van der Waals surface area contributed by atoms with Crippen molar-refractivity contribution in [2.75, 3.05) is 13.1 Å². The van der Waals surface area contributed by atoms with Crippen molar-refractivity contribution in [2.45, 2.75) is 139 Å². The van der Waals surface area contributed by atoms with Crippen LogP contribution < -0.4 is 0 Å². The topological polar surface area (TPSA) is 13.0 Å². The van der Waals surface area contributed by atoms with Crippen molar-refractivity contribution in [1.29, 1.82) is 0 Å². The molecular formula is C68H78N4. The molecule has 10 aliphatic carbocycles. The van der Waals surface area contributed by atoms with Gasteiger partial charge >= 0.3 is 0 Å². The molecule has 10 atom stereocenters. The molecule has 0 radical (unpaired) electrons. The van der Waals surface area contributed by atoms with Gasteiger partial charge in [-0.05, 0) is 161 Å². The summed E-state index contributed by atoms with van der Waals surface area (Å²) in [6, 6.07) is 2.40. The van der Waals surface area contributed by atoms with E-state index in [4.69, 9.17) is 0 Å². The van der Waals surface area contributed by atoms with Gasteiger partial charge < -0.3 is 19.6 Å². The monoisotopic (exact) mass is 951 g/mol. The predicted molar refractivity (Wildman–Crippen MR) is 302 cm³/mol. The summed E-state index contributed by atoms with van der Waals surface area (Å²) in [7, 11) is 0. The van der Waals surface area contributed by atoms with Crippen LogP contribution in [-0.4, -0.2) is 68.9 Å². The van der Waals surface area contributed by atoms with Crippen LogP contribution in [0.4, 0.5) is 0 Å². The molecule has 2 aliphatic heterocycles. The molecule has 72 heavy (non-hydrogen) atoms. The van der Waals surface area contributed by atoms with E-state index in [9.17, 15) is 0 Å². The number of hydrogen-bond donors (Lipinski definition) is 0. The molecule has 0 saturated heterocycles. The van der Waals surface area contributed by atoms with Crippen molar-refractivity contribution in [1.82, 2.24) is 19.6 Å². The molecule has 0 saturated carbocycles. The quantitative estimate of drug-likeness (QED) is 0.182. The highest BCUT2D eigenvalue weighted by Gasteiger charge is 2.40. The summed E-state index contributed by atoms with van der Waals surface area (Å²) in [5, 5.41) is 0. The standard InChI is InChI=1S/C68H78N4/c1-7-21-51(22-8-1)67(53-35-39-61(40-36-53)71(59-31-15-5-16-32-59)63-43-45-65-55(49-63)25-19-47-69(65)57-27-11-3-12-28-57)68(52-23-9-2-10-24-52)54-37-41-62(42-38-54)72(60-33-17-6-18-34-60)64-44-46-66-56(50-64)26-20-48-70(66)58-29-13-4-14-30-58/h1-18,21,23,27,29,31,33,35-39,41,49-52,57-62,67-68H,19-20,22,24-26,28,30,32,34,40,42-48H2. The molecule has 0 N–H and O–H groups in total. The fourth-order valence-electron chi connectivity index (χ4n) is 14.7. The Hall–Kier alpha value is -6.00. The summed E-state index contributed by atoms with van der Waals surface area (Å²) in [6.45, 7) is 2.36. The molecule has 10 unspecified atom stereocenters. The fourth-order valence-corrected chi connectivity index (χ4v) is 14.7. The van der Waals surface area contributed by atoms with E-state index in [-0.39, 0.29) is 0 Å². The van der Waals surface area contributed by atoms with Crippen LogP contribution in [0.2, 0.25) is 0 Å². The van der Waals surface area contributed by atoms with Gasteiger partial charge in [-0.25, -0.2) is 0 Å². The predicted octanol–water partition coefficient (Wildman–Crippen LogP) is 15.2. The Morgan fingerprint density at radius 2 is 0.778 bits per heavy atom. The van der Waals surface area contributed by atoms with E-state index in [1.807, 2.05) is 0 Å². The highest BCUT2D eigenvalue weighted by atomic mass is 15.2. The molecule has 0 spiro atoms. The van der Waals surface area contributed by atoms with Crippen LogP contribution in [0.1, 0.15) is 103 Å². The molecule has 0 aromatic carbocycles. The van der Waals surface area contributed by atoms with Gasteiger partial charge in [0.25, 0.3) is 0 Å². The van der Waals surface area contributed by atoms with Crippen molar-refractivity contribution in [2.24, 2.45) is 23.7 Å². The highest BCUT2D eigenvalue weighted by Crippen LogP contribution is 2.48.